The first-order valence-electron chi connectivity index (χ1n) is 9.10. The van der Waals surface area contributed by atoms with Crippen LogP contribution >= 0.6 is 0 Å². The summed E-state index contributed by atoms with van der Waals surface area (Å²) in [6.45, 7) is 3.64. The summed E-state index contributed by atoms with van der Waals surface area (Å²) in [7, 11) is 0. The number of aryl methyl sites for hydroxylation is 1. The summed E-state index contributed by atoms with van der Waals surface area (Å²) in [5.74, 6) is -0.106. The van der Waals surface area contributed by atoms with E-state index in [9.17, 15) is 9.18 Å². The molecule has 4 aromatic rings. The Morgan fingerprint density at radius 1 is 1.07 bits per heavy atom. The normalized spacial score (nSPS) is 12.0. The van der Waals surface area contributed by atoms with E-state index in [2.05, 4.69) is 20.4 Å². The number of carbonyl (C=O) groups excluding carboxylic acids is 1. The number of nitrogens with one attached hydrogen (secondary N) is 1. The van der Waals surface area contributed by atoms with Crippen LogP contribution in [0.25, 0.3) is 11.4 Å². The maximum absolute atomic E-state index is 13.1. The van der Waals surface area contributed by atoms with Gasteiger partial charge in [0.15, 0.2) is 0 Å². The van der Waals surface area contributed by atoms with Gasteiger partial charge in [-0.15, -0.1) is 5.10 Å². The van der Waals surface area contributed by atoms with Gasteiger partial charge in [0.2, 0.25) is 5.82 Å². The van der Waals surface area contributed by atoms with E-state index >= 15 is 0 Å². The van der Waals surface area contributed by atoms with Crippen LogP contribution in [-0.2, 0) is 0 Å². The Balaban J connectivity index is 1.47. The first kappa shape index (κ1) is 18.5. The highest BCUT2D eigenvalue weighted by molar-refractivity contribution is 5.90. The number of rotatable bonds is 5. The first-order chi connectivity index (χ1) is 14.0. The Kier molecular flexibility index (Phi) is 4.90. The summed E-state index contributed by atoms with van der Waals surface area (Å²) in [4.78, 5) is 20.9. The molecule has 2 aromatic heterocycles. The second kappa shape index (κ2) is 7.67. The molecule has 0 saturated heterocycles. The lowest BCUT2D eigenvalue weighted by Crippen LogP contribution is -2.27. The number of hydrogen-bond donors (Lipinski definition) is 1. The monoisotopic (exact) mass is 390 g/mol. The molecule has 29 heavy (non-hydrogen) atoms. The standard InChI is InChI=1S/C21H19FN6O/c1-14(16-3-7-18(8-4-16)27-12-11-23-13-27)24-21(29)20-25-15(2)28(26-20)19-9-5-17(22)6-10-19/h3-14H,1-2H3,(H,24,29)/t14-/m0/s1. The number of hydrogen-bond acceptors (Lipinski definition) is 4. The molecule has 0 spiro atoms. The third kappa shape index (κ3) is 3.91. The van der Waals surface area contributed by atoms with Crippen LogP contribution < -0.4 is 5.32 Å². The van der Waals surface area contributed by atoms with Crippen LogP contribution in [0, 0.1) is 12.7 Å². The van der Waals surface area contributed by atoms with Crippen LogP contribution in [0.1, 0.15) is 35.0 Å². The lowest BCUT2D eigenvalue weighted by Gasteiger charge is -2.14. The highest BCUT2D eigenvalue weighted by Gasteiger charge is 2.18. The molecule has 0 saturated carbocycles. The van der Waals surface area contributed by atoms with Crippen molar-refractivity contribution in [3.8, 4) is 11.4 Å². The van der Waals surface area contributed by atoms with Gasteiger partial charge >= 0.3 is 0 Å². The molecule has 1 N–H and O–H groups in total. The molecular weight excluding hydrogens is 371 g/mol. The van der Waals surface area contributed by atoms with Crippen molar-refractivity contribution in [1.82, 2.24) is 29.6 Å². The Labute approximate surface area is 166 Å². The summed E-state index contributed by atoms with van der Waals surface area (Å²) in [5.41, 5.74) is 2.58. The number of halogens is 1. The van der Waals surface area contributed by atoms with Crippen LogP contribution in [0.15, 0.2) is 67.3 Å². The third-order valence-corrected chi connectivity index (χ3v) is 4.59. The molecule has 0 bridgehead atoms. The molecular formula is C21H19FN6O. The van der Waals surface area contributed by atoms with E-state index in [0.717, 1.165) is 11.3 Å². The number of benzene rings is 2. The summed E-state index contributed by atoms with van der Waals surface area (Å²) >= 11 is 0. The van der Waals surface area contributed by atoms with Crippen LogP contribution in [0.2, 0.25) is 0 Å². The molecule has 0 aliphatic heterocycles. The fraction of sp³-hybridized carbons (Fsp3) is 0.143. The molecule has 4 rings (SSSR count). The average Bonchev–Trinajstić information content (AvgIpc) is 3.39. The Hall–Kier alpha value is -3.81. The van der Waals surface area contributed by atoms with Gasteiger partial charge < -0.3 is 9.88 Å². The fourth-order valence-electron chi connectivity index (χ4n) is 3.00. The fourth-order valence-corrected chi connectivity index (χ4v) is 3.00. The van der Waals surface area contributed by atoms with Crippen molar-refractivity contribution in [2.45, 2.75) is 19.9 Å². The molecule has 0 unspecified atom stereocenters. The van der Waals surface area contributed by atoms with Gasteiger partial charge in [0, 0.05) is 18.1 Å². The summed E-state index contributed by atoms with van der Waals surface area (Å²) in [5, 5.41) is 7.18. The van der Waals surface area contributed by atoms with E-state index in [-0.39, 0.29) is 23.6 Å². The molecule has 1 amide bonds. The second-order valence-corrected chi connectivity index (χ2v) is 6.63. The van der Waals surface area contributed by atoms with E-state index in [0.29, 0.717) is 11.5 Å². The molecule has 146 valence electrons. The molecule has 0 aliphatic carbocycles. The van der Waals surface area contributed by atoms with Gasteiger partial charge in [-0.05, 0) is 55.8 Å². The van der Waals surface area contributed by atoms with Crippen LogP contribution in [-0.4, -0.2) is 30.2 Å². The predicted molar refractivity (Wildman–Crippen MR) is 105 cm³/mol. The van der Waals surface area contributed by atoms with Crippen molar-refractivity contribution in [3.63, 3.8) is 0 Å². The van der Waals surface area contributed by atoms with Gasteiger partial charge in [-0.1, -0.05) is 12.1 Å². The van der Waals surface area contributed by atoms with Crippen molar-refractivity contribution in [3.05, 3.63) is 90.3 Å². The number of amides is 1. The molecule has 0 aliphatic rings. The summed E-state index contributed by atoms with van der Waals surface area (Å²) in [6, 6.07) is 13.5. The van der Waals surface area contributed by atoms with E-state index in [4.69, 9.17) is 0 Å². The van der Waals surface area contributed by atoms with E-state index in [1.165, 1.54) is 16.8 Å². The van der Waals surface area contributed by atoms with Gasteiger partial charge in [0.05, 0.1) is 18.1 Å². The molecule has 1 atom stereocenters. The summed E-state index contributed by atoms with van der Waals surface area (Å²) < 4.78 is 16.5. The lowest BCUT2D eigenvalue weighted by atomic mass is 10.1. The molecule has 2 heterocycles. The van der Waals surface area contributed by atoms with Gasteiger partial charge in [-0.2, -0.15) is 0 Å². The predicted octanol–water partition coefficient (Wildman–Crippen LogP) is 3.39. The second-order valence-electron chi connectivity index (χ2n) is 6.63. The lowest BCUT2D eigenvalue weighted by molar-refractivity contribution is 0.0929. The zero-order valence-electron chi connectivity index (χ0n) is 16.0. The van der Waals surface area contributed by atoms with Gasteiger partial charge in [0.1, 0.15) is 11.6 Å². The highest BCUT2D eigenvalue weighted by atomic mass is 19.1. The van der Waals surface area contributed by atoms with Crippen LogP contribution in [0.3, 0.4) is 0 Å². The average molecular weight is 390 g/mol. The number of carbonyl (C=O) groups is 1. The SMILES string of the molecule is Cc1nc(C(=O)N[C@@H](C)c2ccc(-n3ccnc3)cc2)nn1-c1ccc(F)cc1. The quantitative estimate of drug-likeness (QED) is 0.567. The van der Waals surface area contributed by atoms with Crippen molar-refractivity contribution < 1.29 is 9.18 Å². The van der Waals surface area contributed by atoms with Crippen LogP contribution in [0.4, 0.5) is 4.39 Å². The van der Waals surface area contributed by atoms with Crippen molar-refractivity contribution >= 4 is 5.91 Å². The smallest absolute Gasteiger partial charge is 0.291 e. The minimum atomic E-state index is -0.375. The molecule has 8 heteroatoms. The molecule has 0 radical (unpaired) electrons. The van der Waals surface area contributed by atoms with E-state index in [1.54, 1.807) is 31.6 Å². The minimum Gasteiger partial charge on any atom is -0.343 e. The minimum absolute atomic E-state index is 0.0636. The first-order valence-corrected chi connectivity index (χ1v) is 9.10. The van der Waals surface area contributed by atoms with Crippen LogP contribution in [0.5, 0.6) is 0 Å². The maximum atomic E-state index is 13.1. The molecule has 2 aromatic carbocycles. The third-order valence-electron chi connectivity index (χ3n) is 4.59. The highest BCUT2D eigenvalue weighted by Crippen LogP contribution is 2.16. The summed E-state index contributed by atoms with van der Waals surface area (Å²) in [6.07, 6.45) is 5.31. The number of imidazole rings is 1. The van der Waals surface area contributed by atoms with E-state index in [1.807, 2.05) is 42.0 Å². The zero-order valence-corrected chi connectivity index (χ0v) is 16.0. The maximum Gasteiger partial charge on any atom is 0.291 e. The topological polar surface area (TPSA) is 77.6 Å². The molecule has 7 nitrogen and oxygen atoms in total. The zero-order chi connectivity index (χ0) is 20.4. The van der Waals surface area contributed by atoms with E-state index < -0.39 is 0 Å². The Morgan fingerprint density at radius 2 is 1.76 bits per heavy atom. The molecule has 0 fully saturated rings. The van der Waals surface area contributed by atoms with Crippen molar-refractivity contribution in [2.24, 2.45) is 0 Å². The Bertz CT molecular complexity index is 1120. The van der Waals surface area contributed by atoms with Gasteiger partial charge in [-0.25, -0.2) is 19.0 Å². The largest absolute Gasteiger partial charge is 0.343 e. The number of nitrogens with zero attached hydrogens (tertiary/aromatic N) is 5. The van der Waals surface area contributed by atoms with Gasteiger partial charge in [-0.3, -0.25) is 4.79 Å². The van der Waals surface area contributed by atoms with Crippen molar-refractivity contribution in [1.29, 1.82) is 0 Å². The Morgan fingerprint density at radius 3 is 2.41 bits per heavy atom. The number of aromatic nitrogens is 5. The van der Waals surface area contributed by atoms with Crippen molar-refractivity contribution in [2.75, 3.05) is 0 Å². The van der Waals surface area contributed by atoms with Gasteiger partial charge in [0.25, 0.3) is 5.91 Å².